The maximum atomic E-state index is 6.49. The average Bonchev–Trinajstić information content (AvgIpc) is 2.88. The van der Waals surface area contributed by atoms with Crippen molar-refractivity contribution in [2.24, 2.45) is 0 Å². The molecule has 2 heterocycles. The molecule has 0 aliphatic heterocycles. The van der Waals surface area contributed by atoms with Crippen LogP contribution in [0.2, 0.25) is 5.02 Å². The van der Waals surface area contributed by atoms with Crippen LogP contribution in [0.25, 0.3) is 11.6 Å². The monoisotopic (exact) mass is 338 g/mol. The smallest absolute Gasteiger partial charge is 0.245 e. The van der Waals surface area contributed by atoms with Gasteiger partial charge in [-0.2, -0.15) is 0 Å². The maximum absolute atomic E-state index is 6.49. The minimum atomic E-state index is 0.379. The molecule has 0 N–H and O–H groups in total. The van der Waals surface area contributed by atoms with Crippen molar-refractivity contribution in [3.8, 4) is 11.6 Å². The van der Waals surface area contributed by atoms with Gasteiger partial charge in [-0.3, -0.25) is 4.98 Å². The molecule has 0 radical (unpaired) electrons. The molecule has 0 bridgehead atoms. The number of aromatic nitrogens is 2. The number of pyridine rings is 1. The Morgan fingerprint density at radius 2 is 2.12 bits per heavy atom. The van der Waals surface area contributed by atoms with Crippen LogP contribution in [-0.2, 0) is 12.8 Å². The zero-order chi connectivity index (χ0) is 16.5. The van der Waals surface area contributed by atoms with Crippen LogP contribution < -0.4 is 0 Å². The van der Waals surface area contributed by atoms with Crippen molar-refractivity contribution in [3.63, 3.8) is 0 Å². The third-order valence-corrected chi connectivity index (χ3v) is 4.98. The first-order chi connectivity index (χ1) is 11.7. The van der Waals surface area contributed by atoms with E-state index in [0.717, 1.165) is 47.9 Å². The Hall–Kier alpha value is -2.13. The molecule has 3 aromatic rings. The minimum absolute atomic E-state index is 0.379. The molecule has 3 nitrogen and oxygen atoms in total. The summed E-state index contributed by atoms with van der Waals surface area (Å²) in [7, 11) is 0. The SMILES string of the molecule is Cc1ccc(C2CCCc3nc(-c4ccccn4)oc3C2)c(Cl)c1. The lowest BCUT2D eigenvalue weighted by atomic mass is 9.91. The maximum Gasteiger partial charge on any atom is 0.245 e. The van der Waals surface area contributed by atoms with Crippen molar-refractivity contribution in [3.05, 3.63) is 70.2 Å². The van der Waals surface area contributed by atoms with Crippen molar-refractivity contribution < 1.29 is 4.42 Å². The van der Waals surface area contributed by atoms with E-state index in [4.69, 9.17) is 16.0 Å². The van der Waals surface area contributed by atoms with Gasteiger partial charge in [-0.15, -0.1) is 0 Å². The molecule has 1 atom stereocenters. The summed E-state index contributed by atoms with van der Waals surface area (Å²) < 4.78 is 6.07. The molecule has 1 aliphatic rings. The topological polar surface area (TPSA) is 38.9 Å². The predicted molar refractivity (Wildman–Crippen MR) is 95.3 cm³/mol. The molecule has 0 fully saturated rings. The molecule has 0 amide bonds. The van der Waals surface area contributed by atoms with Crippen LogP contribution in [0.1, 0.15) is 41.3 Å². The number of rotatable bonds is 2. The largest absolute Gasteiger partial charge is 0.440 e. The summed E-state index contributed by atoms with van der Waals surface area (Å²) in [5.41, 5.74) is 4.26. The Balaban J connectivity index is 1.66. The molecule has 4 rings (SSSR count). The van der Waals surface area contributed by atoms with Crippen LogP contribution in [-0.4, -0.2) is 9.97 Å². The van der Waals surface area contributed by atoms with Crippen molar-refractivity contribution >= 4 is 11.6 Å². The van der Waals surface area contributed by atoms with Crippen LogP contribution in [0.3, 0.4) is 0 Å². The quantitative estimate of drug-likeness (QED) is 0.590. The molecule has 0 spiro atoms. The van der Waals surface area contributed by atoms with Gasteiger partial charge in [-0.05, 0) is 61.4 Å². The summed E-state index contributed by atoms with van der Waals surface area (Å²) in [4.78, 5) is 9.02. The van der Waals surface area contributed by atoms with Gasteiger partial charge in [-0.1, -0.05) is 29.8 Å². The van der Waals surface area contributed by atoms with Gasteiger partial charge in [-0.25, -0.2) is 4.98 Å². The van der Waals surface area contributed by atoms with Crippen LogP contribution in [0.15, 0.2) is 47.0 Å². The lowest BCUT2D eigenvalue weighted by Gasteiger charge is -2.16. The van der Waals surface area contributed by atoms with E-state index in [-0.39, 0.29) is 0 Å². The first-order valence-corrected chi connectivity index (χ1v) is 8.74. The number of aryl methyl sites for hydroxylation is 2. The van der Waals surface area contributed by atoms with E-state index in [1.807, 2.05) is 24.3 Å². The summed E-state index contributed by atoms with van der Waals surface area (Å²) >= 11 is 6.49. The lowest BCUT2D eigenvalue weighted by molar-refractivity contribution is 0.487. The normalized spacial score (nSPS) is 17.3. The fourth-order valence-corrected chi connectivity index (χ4v) is 3.80. The van der Waals surface area contributed by atoms with Crippen molar-refractivity contribution in [1.29, 1.82) is 0 Å². The number of halogens is 1. The van der Waals surface area contributed by atoms with Gasteiger partial charge in [0, 0.05) is 17.6 Å². The van der Waals surface area contributed by atoms with Crippen LogP contribution in [0.5, 0.6) is 0 Å². The van der Waals surface area contributed by atoms with Crippen molar-refractivity contribution in [2.75, 3.05) is 0 Å². The van der Waals surface area contributed by atoms with E-state index in [0.29, 0.717) is 11.8 Å². The van der Waals surface area contributed by atoms with E-state index < -0.39 is 0 Å². The van der Waals surface area contributed by atoms with E-state index in [1.165, 1.54) is 11.1 Å². The standard InChI is InChI=1S/C20H19ClN2O/c1-13-8-9-15(16(21)11-13)14-5-4-7-17-19(12-14)24-20(23-17)18-6-2-3-10-22-18/h2-3,6,8-11,14H,4-5,7,12H2,1H3. The molecule has 0 saturated heterocycles. The fraction of sp³-hybridized carbons (Fsp3) is 0.300. The first-order valence-electron chi connectivity index (χ1n) is 8.37. The van der Waals surface area contributed by atoms with Gasteiger partial charge >= 0.3 is 0 Å². The molecular weight excluding hydrogens is 320 g/mol. The predicted octanol–water partition coefficient (Wildman–Crippen LogP) is 5.36. The van der Waals surface area contributed by atoms with Gasteiger partial charge in [0.15, 0.2) is 0 Å². The first kappa shape index (κ1) is 15.4. The number of nitrogens with zero attached hydrogens (tertiary/aromatic N) is 2. The Bertz CT molecular complexity index is 857. The number of hydrogen-bond acceptors (Lipinski definition) is 3. The number of oxazole rings is 1. The Morgan fingerprint density at radius 1 is 1.21 bits per heavy atom. The highest BCUT2D eigenvalue weighted by Gasteiger charge is 2.25. The molecular formula is C20H19ClN2O. The molecule has 2 aromatic heterocycles. The van der Waals surface area contributed by atoms with Gasteiger partial charge in [0.1, 0.15) is 11.5 Å². The number of hydrogen-bond donors (Lipinski definition) is 0. The molecule has 122 valence electrons. The molecule has 0 saturated carbocycles. The highest BCUT2D eigenvalue weighted by molar-refractivity contribution is 6.31. The summed E-state index contributed by atoms with van der Waals surface area (Å²) in [6.07, 6.45) is 5.76. The second-order valence-electron chi connectivity index (χ2n) is 6.42. The minimum Gasteiger partial charge on any atom is -0.440 e. The third kappa shape index (κ3) is 2.96. The highest BCUT2D eigenvalue weighted by atomic mass is 35.5. The second kappa shape index (κ2) is 6.40. The van der Waals surface area contributed by atoms with Crippen molar-refractivity contribution in [2.45, 2.75) is 38.5 Å². The van der Waals surface area contributed by atoms with E-state index in [1.54, 1.807) is 6.20 Å². The second-order valence-corrected chi connectivity index (χ2v) is 6.83. The van der Waals surface area contributed by atoms with Gasteiger partial charge < -0.3 is 4.42 Å². The van der Waals surface area contributed by atoms with Crippen LogP contribution in [0.4, 0.5) is 0 Å². The van der Waals surface area contributed by atoms with Gasteiger partial charge in [0.05, 0.1) is 5.69 Å². The molecule has 1 unspecified atom stereocenters. The zero-order valence-corrected chi connectivity index (χ0v) is 14.4. The highest BCUT2D eigenvalue weighted by Crippen LogP contribution is 2.36. The Labute approximate surface area is 146 Å². The lowest BCUT2D eigenvalue weighted by Crippen LogP contribution is -2.02. The molecule has 24 heavy (non-hydrogen) atoms. The van der Waals surface area contributed by atoms with E-state index in [2.05, 4.69) is 29.0 Å². The number of benzene rings is 1. The summed E-state index contributed by atoms with van der Waals surface area (Å²) in [6.45, 7) is 2.07. The Morgan fingerprint density at radius 3 is 2.92 bits per heavy atom. The summed E-state index contributed by atoms with van der Waals surface area (Å²) in [5, 5.41) is 0.855. The number of fused-ring (bicyclic) bond motifs is 1. The van der Waals surface area contributed by atoms with E-state index >= 15 is 0 Å². The molecule has 1 aliphatic carbocycles. The van der Waals surface area contributed by atoms with Crippen LogP contribution >= 0.6 is 11.6 Å². The summed E-state index contributed by atoms with van der Waals surface area (Å²) in [5.74, 6) is 1.98. The van der Waals surface area contributed by atoms with Crippen LogP contribution in [0, 0.1) is 6.92 Å². The fourth-order valence-electron chi connectivity index (χ4n) is 3.41. The molecule has 4 heteroatoms. The van der Waals surface area contributed by atoms with Gasteiger partial charge in [0.2, 0.25) is 5.89 Å². The molecule has 1 aromatic carbocycles. The third-order valence-electron chi connectivity index (χ3n) is 4.66. The summed E-state index contributed by atoms with van der Waals surface area (Å²) in [6, 6.07) is 12.1. The zero-order valence-electron chi connectivity index (χ0n) is 13.6. The van der Waals surface area contributed by atoms with Gasteiger partial charge in [0.25, 0.3) is 0 Å². The Kier molecular flexibility index (Phi) is 4.11. The van der Waals surface area contributed by atoms with Crippen molar-refractivity contribution in [1.82, 2.24) is 9.97 Å². The van der Waals surface area contributed by atoms with E-state index in [9.17, 15) is 0 Å². The average molecular weight is 339 g/mol.